The van der Waals surface area contributed by atoms with Gasteiger partial charge in [-0.05, 0) is 45.6 Å². The van der Waals surface area contributed by atoms with Crippen LogP contribution in [0.5, 0.6) is 0 Å². The summed E-state index contributed by atoms with van der Waals surface area (Å²) >= 11 is 0. The molecule has 1 aromatic carbocycles. The van der Waals surface area contributed by atoms with Crippen LogP contribution in [0.25, 0.3) is 0 Å². The van der Waals surface area contributed by atoms with Gasteiger partial charge < -0.3 is 19.5 Å². The van der Waals surface area contributed by atoms with Crippen molar-refractivity contribution in [2.24, 2.45) is 5.92 Å². The Balaban J connectivity index is 2.08. The standard InChI is InChI=1S/C25H34N2O7/c1-5-14-32-21(28)13-9-12-19(16-26-23(30)34-25(2,3)4)22(29)27-20(17-33-24(27)31)15-18-10-7-6-8-11-18/h5-8,10-11,19-20H,1,9,12-17H2,2-4H3,(H,26,30)/t19-,20?/m1/s1. The number of carbonyl (C=O) groups excluding carboxylic acids is 4. The van der Waals surface area contributed by atoms with Crippen molar-refractivity contribution in [3.63, 3.8) is 0 Å². The van der Waals surface area contributed by atoms with E-state index in [9.17, 15) is 19.2 Å². The second-order valence-corrected chi connectivity index (χ2v) is 9.07. The SMILES string of the molecule is C=CCOC(=O)CCC[C@H](CNC(=O)OC(C)(C)C)C(=O)N1C(=O)OCC1Cc1ccccc1. The monoisotopic (exact) mass is 474 g/mol. The maximum Gasteiger partial charge on any atom is 0.416 e. The van der Waals surface area contributed by atoms with Crippen LogP contribution >= 0.6 is 0 Å². The molecule has 0 saturated carbocycles. The first-order chi connectivity index (χ1) is 16.1. The number of cyclic esters (lactones) is 1. The van der Waals surface area contributed by atoms with Gasteiger partial charge in [0, 0.05) is 13.0 Å². The van der Waals surface area contributed by atoms with Crippen LogP contribution in [0.4, 0.5) is 9.59 Å². The summed E-state index contributed by atoms with van der Waals surface area (Å²) in [5.41, 5.74) is 0.273. The highest BCUT2D eigenvalue weighted by Crippen LogP contribution is 2.22. The minimum Gasteiger partial charge on any atom is -0.461 e. The molecule has 3 amide bonds. The molecule has 1 N–H and O–H groups in total. The summed E-state index contributed by atoms with van der Waals surface area (Å²) in [6, 6.07) is 9.05. The lowest BCUT2D eigenvalue weighted by atomic mass is 9.98. The Hall–Kier alpha value is -3.36. The van der Waals surface area contributed by atoms with E-state index < -0.39 is 41.6 Å². The molecule has 1 aliphatic rings. The topological polar surface area (TPSA) is 111 Å². The fourth-order valence-corrected chi connectivity index (χ4v) is 3.51. The number of alkyl carbamates (subject to hydrolysis) is 1. The first-order valence-corrected chi connectivity index (χ1v) is 11.4. The highest BCUT2D eigenvalue weighted by molar-refractivity contribution is 5.95. The summed E-state index contributed by atoms with van der Waals surface area (Å²) in [4.78, 5) is 50.9. The molecule has 9 nitrogen and oxygen atoms in total. The van der Waals surface area contributed by atoms with E-state index in [1.54, 1.807) is 20.8 Å². The maximum atomic E-state index is 13.4. The fraction of sp³-hybridized carbons (Fsp3) is 0.520. The van der Waals surface area contributed by atoms with Gasteiger partial charge in [-0.25, -0.2) is 14.5 Å². The van der Waals surface area contributed by atoms with Crippen molar-refractivity contribution in [2.75, 3.05) is 19.8 Å². The molecular weight excluding hydrogens is 440 g/mol. The smallest absolute Gasteiger partial charge is 0.416 e. The number of ether oxygens (including phenoxy) is 3. The summed E-state index contributed by atoms with van der Waals surface area (Å²) in [5.74, 6) is -1.61. The van der Waals surface area contributed by atoms with E-state index >= 15 is 0 Å². The third kappa shape index (κ3) is 8.88. The van der Waals surface area contributed by atoms with Crippen molar-refractivity contribution in [3.8, 4) is 0 Å². The van der Waals surface area contributed by atoms with Gasteiger partial charge >= 0.3 is 18.2 Å². The molecule has 2 atom stereocenters. The van der Waals surface area contributed by atoms with E-state index in [1.165, 1.54) is 6.08 Å². The second kappa shape index (κ2) is 12.8. The van der Waals surface area contributed by atoms with Crippen LogP contribution < -0.4 is 5.32 Å². The number of hydrogen-bond donors (Lipinski definition) is 1. The normalized spacial score (nSPS) is 16.4. The van der Waals surface area contributed by atoms with Gasteiger partial charge in [-0.15, -0.1) is 0 Å². The third-order valence-corrected chi connectivity index (χ3v) is 5.05. The second-order valence-electron chi connectivity index (χ2n) is 9.07. The minimum atomic E-state index is -0.747. The van der Waals surface area contributed by atoms with Crippen molar-refractivity contribution in [1.29, 1.82) is 0 Å². The molecule has 34 heavy (non-hydrogen) atoms. The molecule has 0 aromatic heterocycles. The quantitative estimate of drug-likeness (QED) is 0.296. The molecule has 0 spiro atoms. The highest BCUT2D eigenvalue weighted by Gasteiger charge is 2.40. The van der Waals surface area contributed by atoms with Crippen molar-refractivity contribution in [1.82, 2.24) is 10.2 Å². The summed E-state index contributed by atoms with van der Waals surface area (Å²) in [5, 5.41) is 2.61. The molecule has 1 saturated heterocycles. The molecule has 0 radical (unpaired) electrons. The molecule has 0 aliphatic carbocycles. The van der Waals surface area contributed by atoms with Gasteiger partial charge in [0.2, 0.25) is 5.91 Å². The number of nitrogens with one attached hydrogen (secondary N) is 1. The molecule has 1 heterocycles. The van der Waals surface area contributed by atoms with E-state index in [-0.39, 0.29) is 32.6 Å². The highest BCUT2D eigenvalue weighted by atomic mass is 16.6. The largest absolute Gasteiger partial charge is 0.461 e. The zero-order valence-corrected chi connectivity index (χ0v) is 20.1. The fourth-order valence-electron chi connectivity index (χ4n) is 3.51. The maximum absolute atomic E-state index is 13.4. The number of amides is 3. The van der Waals surface area contributed by atoms with Crippen molar-refractivity contribution >= 4 is 24.1 Å². The Morgan fingerprint density at radius 3 is 2.62 bits per heavy atom. The van der Waals surface area contributed by atoms with Gasteiger partial charge in [-0.2, -0.15) is 0 Å². The molecule has 1 unspecified atom stereocenters. The Labute approximate surface area is 200 Å². The van der Waals surface area contributed by atoms with Crippen LogP contribution in [0, 0.1) is 5.92 Å². The summed E-state index contributed by atoms with van der Waals surface area (Å²) < 4.78 is 15.4. The predicted molar refractivity (Wildman–Crippen MR) is 125 cm³/mol. The van der Waals surface area contributed by atoms with Gasteiger partial charge in [-0.3, -0.25) is 9.59 Å². The van der Waals surface area contributed by atoms with E-state index in [0.717, 1.165) is 10.5 Å². The summed E-state index contributed by atoms with van der Waals surface area (Å²) in [6.07, 6.45) is 1.26. The zero-order valence-electron chi connectivity index (χ0n) is 20.1. The lowest BCUT2D eigenvalue weighted by Gasteiger charge is -2.26. The van der Waals surface area contributed by atoms with Crippen LogP contribution in [0.1, 0.15) is 45.6 Å². The van der Waals surface area contributed by atoms with Crippen LogP contribution in [0.2, 0.25) is 0 Å². The summed E-state index contributed by atoms with van der Waals surface area (Å²) in [6.45, 7) is 8.86. The molecule has 1 aliphatic heterocycles. The van der Waals surface area contributed by atoms with E-state index in [4.69, 9.17) is 14.2 Å². The van der Waals surface area contributed by atoms with Crippen LogP contribution in [-0.4, -0.2) is 60.4 Å². The zero-order chi connectivity index (χ0) is 25.1. The Bertz CT molecular complexity index is 864. The van der Waals surface area contributed by atoms with Gasteiger partial charge in [0.15, 0.2) is 0 Å². The number of benzene rings is 1. The first-order valence-electron chi connectivity index (χ1n) is 11.4. The number of hydrogen-bond acceptors (Lipinski definition) is 7. The Morgan fingerprint density at radius 2 is 1.97 bits per heavy atom. The predicted octanol–water partition coefficient (Wildman–Crippen LogP) is 3.62. The van der Waals surface area contributed by atoms with Crippen molar-refractivity contribution < 1.29 is 33.4 Å². The molecule has 2 rings (SSSR count). The number of nitrogens with zero attached hydrogens (tertiary/aromatic N) is 1. The third-order valence-electron chi connectivity index (χ3n) is 5.05. The summed E-state index contributed by atoms with van der Waals surface area (Å²) in [7, 11) is 0. The van der Waals surface area contributed by atoms with Crippen LogP contribution in [-0.2, 0) is 30.2 Å². The molecule has 0 bridgehead atoms. The number of imide groups is 1. The van der Waals surface area contributed by atoms with E-state index in [0.29, 0.717) is 12.8 Å². The number of carbonyl (C=O) groups is 4. The average molecular weight is 475 g/mol. The molecule has 186 valence electrons. The van der Waals surface area contributed by atoms with Gasteiger partial charge in [0.25, 0.3) is 0 Å². The Morgan fingerprint density at radius 1 is 1.26 bits per heavy atom. The Kier molecular flexibility index (Phi) is 10.1. The molecule has 9 heteroatoms. The lowest BCUT2D eigenvalue weighted by Crippen LogP contribution is -2.47. The number of rotatable bonds is 11. The van der Waals surface area contributed by atoms with Gasteiger partial charge in [0.1, 0.15) is 18.8 Å². The first kappa shape index (κ1) is 26.9. The van der Waals surface area contributed by atoms with Crippen molar-refractivity contribution in [3.05, 3.63) is 48.6 Å². The number of esters is 1. The van der Waals surface area contributed by atoms with E-state index in [1.807, 2.05) is 30.3 Å². The molecular formula is C25H34N2O7. The molecule has 1 aromatic rings. The molecule has 1 fully saturated rings. The van der Waals surface area contributed by atoms with Gasteiger partial charge in [-0.1, -0.05) is 43.0 Å². The average Bonchev–Trinajstić information content (AvgIpc) is 3.13. The lowest BCUT2D eigenvalue weighted by molar-refractivity contribution is -0.143. The minimum absolute atomic E-state index is 0.0444. The van der Waals surface area contributed by atoms with E-state index in [2.05, 4.69) is 11.9 Å². The van der Waals surface area contributed by atoms with Crippen LogP contribution in [0.3, 0.4) is 0 Å². The van der Waals surface area contributed by atoms with Crippen molar-refractivity contribution in [2.45, 2.75) is 58.1 Å². The van der Waals surface area contributed by atoms with Gasteiger partial charge in [0.05, 0.1) is 12.0 Å². The van der Waals surface area contributed by atoms with Crippen LogP contribution in [0.15, 0.2) is 43.0 Å².